The van der Waals surface area contributed by atoms with E-state index < -0.39 is 0 Å². The van der Waals surface area contributed by atoms with Gasteiger partial charge < -0.3 is 14.6 Å². The van der Waals surface area contributed by atoms with Gasteiger partial charge in [-0.1, -0.05) is 13.8 Å². The van der Waals surface area contributed by atoms with Crippen molar-refractivity contribution >= 4 is 16.8 Å². The van der Waals surface area contributed by atoms with Crippen LogP contribution < -0.4 is 5.32 Å². The fourth-order valence-corrected chi connectivity index (χ4v) is 2.11. The third-order valence-electron chi connectivity index (χ3n) is 3.09. The van der Waals surface area contributed by atoms with E-state index in [0.717, 1.165) is 43.0 Å². The summed E-state index contributed by atoms with van der Waals surface area (Å²) in [4.78, 5) is 6.79. The minimum absolute atomic E-state index is 0.883. The summed E-state index contributed by atoms with van der Waals surface area (Å²) >= 11 is 0. The third-order valence-corrected chi connectivity index (χ3v) is 3.09. The molecule has 0 aliphatic carbocycles. The average molecular weight is 247 g/mol. The van der Waals surface area contributed by atoms with E-state index in [0.29, 0.717) is 0 Å². The zero-order valence-electron chi connectivity index (χ0n) is 11.1. The van der Waals surface area contributed by atoms with E-state index >= 15 is 0 Å². The van der Waals surface area contributed by atoms with Crippen molar-refractivity contribution in [3.63, 3.8) is 0 Å². The van der Waals surface area contributed by atoms with Crippen LogP contribution in [0.4, 0.5) is 5.82 Å². The standard InChI is InChI=1S/C14H21N3O/c1-3-9-17(4-2)10-8-16-14-12-6-11-18-13(12)5-7-15-14/h5-7,11H,3-4,8-10H2,1-2H3,(H,15,16). The molecule has 0 saturated heterocycles. The highest BCUT2D eigenvalue weighted by Crippen LogP contribution is 2.21. The van der Waals surface area contributed by atoms with Gasteiger partial charge in [0.05, 0.1) is 11.6 Å². The van der Waals surface area contributed by atoms with Gasteiger partial charge in [-0.05, 0) is 31.6 Å². The van der Waals surface area contributed by atoms with Crippen LogP contribution in [-0.4, -0.2) is 36.1 Å². The summed E-state index contributed by atoms with van der Waals surface area (Å²) < 4.78 is 5.36. The monoisotopic (exact) mass is 247 g/mol. The molecule has 0 fully saturated rings. The van der Waals surface area contributed by atoms with Crippen molar-refractivity contribution in [2.24, 2.45) is 0 Å². The molecule has 0 saturated carbocycles. The van der Waals surface area contributed by atoms with Gasteiger partial charge in [-0.25, -0.2) is 4.98 Å². The molecule has 1 N–H and O–H groups in total. The predicted molar refractivity (Wildman–Crippen MR) is 74.9 cm³/mol. The molecule has 0 bridgehead atoms. The lowest BCUT2D eigenvalue weighted by Crippen LogP contribution is -2.29. The van der Waals surface area contributed by atoms with Crippen molar-refractivity contribution in [1.29, 1.82) is 0 Å². The Balaban J connectivity index is 1.92. The molecule has 0 aliphatic rings. The lowest BCUT2D eigenvalue weighted by atomic mass is 10.3. The summed E-state index contributed by atoms with van der Waals surface area (Å²) in [5.41, 5.74) is 0.883. The van der Waals surface area contributed by atoms with Crippen LogP contribution in [0.2, 0.25) is 0 Å². The first-order valence-corrected chi connectivity index (χ1v) is 6.63. The van der Waals surface area contributed by atoms with Crippen LogP contribution >= 0.6 is 0 Å². The fourth-order valence-electron chi connectivity index (χ4n) is 2.11. The van der Waals surface area contributed by atoms with E-state index in [1.54, 1.807) is 12.5 Å². The number of nitrogens with zero attached hydrogens (tertiary/aromatic N) is 2. The summed E-state index contributed by atoms with van der Waals surface area (Å²) in [6, 6.07) is 3.84. The first kappa shape index (κ1) is 12.9. The number of aromatic nitrogens is 1. The van der Waals surface area contributed by atoms with Crippen LogP contribution in [0.5, 0.6) is 0 Å². The second kappa shape index (κ2) is 6.40. The summed E-state index contributed by atoms with van der Waals surface area (Å²) in [6.45, 7) is 8.61. The maximum Gasteiger partial charge on any atom is 0.139 e. The van der Waals surface area contributed by atoms with Gasteiger partial charge >= 0.3 is 0 Å². The Labute approximate surface area is 108 Å². The lowest BCUT2D eigenvalue weighted by molar-refractivity contribution is 0.300. The number of rotatable bonds is 7. The first-order valence-electron chi connectivity index (χ1n) is 6.63. The second-order valence-electron chi connectivity index (χ2n) is 4.35. The number of likely N-dealkylation sites (N-methyl/N-ethyl adjacent to an activating group) is 1. The van der Waals surface area contributed by atoms with E-state index in [1.807, 2.05) is 12.1 Å². The van der Waals surface area contributed by atoms with Crippen molar-refractivity contribution in [2.75, 3.05) is 31.5 Å². The molecule has 4 nitrogen and oxygen atoms in total. The average Bonchev–Trinajstić information content (AvgIpc) is 2.86. The number of hydrogen-bond donors (Lipinski definition) is 1. The summed E-state index contributed by atoms with van der Waals surface area (Å²) in [5.74, 6) is 0.911. The summed E-state index contributed by atoms with van der Waals surface area (Å²) in [5, 5.41) is 4.44. The van der Waals surface area contributed by atoms with E-state index in [2.05, 4.69) is 29.0 Å². The highest BCUT2D eigenvalue weighted by atomic mass is 16.3. The molecule has 98 valence electrons. The zero-order valence-corrected chi connectivity index (χ0v) is 11.1. The van der Waals surface area contributed by atoms with Gasteiger partial charge in [0.2, 0.25) is 0 Å². The molecule has 2 aromatic heterocycles. The van der Waals surface area contributed by atoms with Crippen LogP contribution in [0.15, 0.2) is 29.0 Å². The second-order valence-corrected chi connectivity index (χ2v) is 4.35. The number of pyridine rings is 1. The third kappa shape index (κ3) is 3.01. The van der Waals surface area contributed by atoms with Crippen LogP contribution in [0.3, 0.4) is 0 Å². The normalized spacial score (nSPS) is 11.3. The molecule has 0 aromatic carbocycles. The van der Waals surface area contributed by atoms with Gasteiger partial charge in [0.25, 0.3) is 0 Å². The number of anilines is 1. The Bertz CT molecular complexity index is 481. The minimum Gasteiger partial charge on any atom is -0.464 e. The molecule has 0 radical (unpaired) electrons. The Morgan fingerprint density at radius 1 is 1.28 bits per heavy atom. The Morgan fingerprint density at radius 2 is 2.17 bits per heavy atom. The molecule has 2 rings (SSSR count). The van der Waals surface area contributed by atoms with Crippen LogP contribution in [0.1, 0.15) is 20.3 Å². The highest BCUT2D eigenvalue weighted by Gasteiger charge is 2.05. The molecule has 2 heterocycles. The van der Waals surface area contributed by atoms with Gasteiger partial charge in [-0.15, -0.1) is 0 Å². The zero-order chi connectivity index (χ0) is 12.8. The van der Waals surface area contributed by atoms with E-state index in [1.165, 1.54) is 6.42 Å². The Hall–Kier alpha value is -1.55. The summed E-state index contributed by atoms with van der Waals surface area (Å²) in [6.07, 6.45) is 4.67. The van der Waals surface area contributed by atoms with E-state index in [-0.39, 0.29) is 0 Å². The summed E-state index contributed by atoms with van der Waals surface area (Å²) in [7, 11) is 0. The molecule has 0 unspecified atom stereocenters. The number of furan rings is 1. The van der Waals surface area contributed by atoms with Crippen LogP contribution in [0.25, 0.3) is 11.0 Å². The van der Waals surface area contributed by atoms with Crippen molar-refractivity contribution in [3.8, 4) is 0 Å². The van der Waals surface area contributed by atoms with Gasteiger partial charge in [-0.2, -0.15) is 0 Å². The number of fused-ring (bicyclic) bond motifs is 1. The van der Waals surface area contributed by atoms with Crippen molar-refractivity contribution in [1.82, 2.24) is 9.88 Å². The smallest absolute Gasteiger partial charge is 0.139 e. The molecule has 0 spiro atoms. The lowest BCUT2D eigenvalue weighted by Gasteiger charge is -2.19. The Kier molecular flexibility index (Phi) is 4.59. The number of nitrogens with one attached hydrogen (secondary N) is 1. The molecular weight excluding hydrogens is 226 g/mol. The molecule has 0 atom stereocenters. The Morgan fingerprint density at radius 3 is 2.94 bits per heavy atom. The molecular formula is C14H21N3O. The van der Waals surface area contributed by atoms with E-state index in [9.17, 15) is 0 Å². The quantitative estimate of drug-likeness (QED) is 0.816. The van der Waals surface area contributed by atoms with Crippen molar-refractivity contribution < 1.29 is 4.42 Å². The minimum atomic E-state index is 0.883. The van der Waals surface area contributed by atoms with Crippen molar-refractivity contribution in [3.05, 3.63) is 24.6 Å². The predicted octanol–water partition coefficient (Wildman–Crippen LogP) is 2.97. The molecule has 18 heavy (non-hydrogen) atoms. The fraction of sp³-hybridized carbons (Fsp3) is 0.500. The van der Waals surface area contributed by atoms with Gasteiger partial charge in [0.15, 0.2) is 0 Å². The molecule has 0 aliphatic heterocycles. The maximum absolute atomic E-state index is 5.36. The van der Waals surface area contributed by atoms with Gasteiger partial charge in [0, 0.05) is 19.3 Å². The first-order chi connectivity index (χ1) is 8.85. The maximum atomic E-state index is 5.36. The molecule has 4 heteroatoms. The van der Waals surface area contributed by atoms with Crippen LogP contribution in [0, 0.1) is 0 Å². The number of hydrogen-bond acceptors (Lipinski definition) is 4. The van der Waals surface area contributed by atoms with Gasteiger partial charge in [0.1, 0.15) is 11.4 Å². The van der Waals surface area contributed by atoms with Crippen LogP contribution in [-0.2, 0) is 0 Å². The SMILES string of the molecule is CCCN(CC)CCNc1nccc2occc12. The molecule has 0 amide bonds. The topological polar surface area (TPSA) is 41.3 Å². The van der Waals surface area contributed by atoms with Crippen molar-refractivity contribution in [2.45, 2.75) is 20.3 Å². The molecule has 2 aromatic rings. The van der Waals surface area contributed by atoms with Gasteiger partial charge in [-0.3, -0.25) is 0 Å². The highest BCUT2D eigenvalue weighted by molar-refractivity contribution is 5.87. The largest absolute Gasteiger partial charge is 0.464 e. The van der Waals surface area contributed by atoms with E-state index in [4.69, 9.17) is 4.42 Å².